The molecule has 0 unspecified atom stereocenters. The van der Waals surface area contributed by atoms with Gasteiger partial charge in [-0.05, 0) is 13.8 Å². The minimum atomic E-state index is -0.297. The van der Waals surface area contributed by atoms with Gasteiger partial charge in [0.2, 0.25) is 5.91 Å². The topological polar surface area (TPSA) is 38.3 Å². The van der Waals surface area contributed by atoms with E-state index in [9.17, 15) is 4.79 Å². The molecular formula is C7H15NO2S. The Hall–Kier alpha value is -0.220. The van der Waals surface area contributed by atoms with E-state index in [2.05, 4.69) is 17.9 Å². The lowest BCUT2D eigenvalue weighted by molar-refractivity contribution is -0.120. The maximum Gasteiger partial charge on any atom is 0.230 e. The maximum absolute atomic E-state index is 10.9. The van der Waals surface area contributed by atoms with Crippen molar-refractivity contribution < 1.29 is 9.53 Å². The molecule has 0 aromatic rings. The number of rotatable bonds is 4. The van der Waals surface area contributed by atoms with Gasteiger partial charge in [-0.15, -0.1) is 0 Å². The van der Waals surface area contributed by atoms with Gasteiger partial charge in [-0.2, -0.15) is 12.6 Å². The molecule has 0 spiro atoms. The molecule has 0 aliphatic rings. The minimum Gasteiger partial charge on any atom is -0.382 e. The van der Waals surface area contributed by atoms with E-state index in [-0.39, 0.29) is 17.2 Å². The summed E-state index contributed by atoms with van der Waals surface area (Å²) in [6.07, 6.45) is 0. The Morgan fingerprint density at radius 3 is 2.55 bits per heavy atom. The molecule has 0 aromatic carbocycles. The van der Waals surface area contributed by atoms with Crippen LogP contribution in [-0.4, -0.2) is 30.9 Å². The van der Waals surface area contributed by atoms with Gasteiger partial charge in [0.1, 0.15) is 0 Å². The summed E-state index contributed by atoms with van der Waals surface area (Å²) in [6, 6.07) is 0. The number of thiol groups is 1. The highest BCUT2D eigenvalue weighted by Gasteiger charge is 2.18. The summed E-state index contributed by atoms with van der Waals surface area (Å²) >= 11 is 3.84. The van der Waals surface area contributed by atoms with Gasteiger partial charge in [0.25, 0.3) is 0 Å². The van der Waals surface area contributed by atoms with Crippen molar-refractivity contribution >= 4 is 18.5 Å². The second-order valence-electron chi connectivity index (χ2n) is 3.02. The summed E-state index contributed by atoms with van der Waals surface area (Å²) < 4.78 is 4.91. The van der Waals surface area contributed by atoms with Crippen molar-refractivity contribution in [3.63, 3.8) is 0 Å². The molecule has 0 radical (unpaired) electrons. The van der Waals surface area contributed by atoms with E-state index < -0.39 is 0 Å². The highest BCUT2D eigenvalue weighted by atomic mass is 32.1. The Kier molecular flexibility index (Phi) is 4.52. The second kappa shape index (κ2) is 4.62. The Bertz CT molecular complexity index is 136. The molecule has 0 rings (SSSR count). The quantitative estimate of drug-likeness (QED) is 0.612. The fourth-order valence-corrected chi connectivity index (χ4v) is 0.893. The first-order chi connectivity index (χ1) is 5.02. The van der Waals surface area contributed by atoms with Gasteiger partial charge in [0.15, 0.2) is 0 Å². The van der Waals surface area contributed by atoms with Crippen molar-refractivity contribution in [1.29, 1.82) is 0 Å². The first kappa shape index (κ1) is 10.8. The second-order valence-corrected chi connectivity index (χ2v) is 3.34. The largest absolute Gasteiger partial charge is 0.382 e. The van der Waals surface area contributed by atoms with Crippen LogP contribution in [0.1, 0.15) is 13.8 Å². The molecule has 0 saturated carbocycles. The molecule has 66 valence electrons. The molecule has 0 fully saturated rings. The zero-order valence-corrected chi connectivity index (χ0v) is 8.07. The lowest BCUT2D eigenvalue weighted by Gasteiger charge is -2.24. The van der Waals surface area contributed by atoms with Crippen LogP contribution < -0.4 is 5.32 Å². The maximum atomic E-state index is 10.9. The average molecular weight is 177 g/mol. The highest BCUT2D eigenvalue weighted by molar-refractivity contribution is 7.81. The number of hydrogen-bond acceptors (Lipinski definition) is 3. The number of hydrogen-bond donors (Lipinski definition) is 2. The number of amides is 1. The number of methoxy groups -OCH3 is 1. The summed E-state index contributed by atoms with van der Waals surface area (Å²) in [5.41, 5.74) is -0.297. The Balaban J connectivity index is 3.80. The van der Waals surface area contributed by atoms with Crippen molar-refractivity contribution in [1.82, 2.24) is 5.32 Å². The first-order valence-electron chi connectivity index (χ1n) is 3.42. The lowest BCUT2D eigenvalue weighted by Crippen LogP contribution is -2.47. The van der Waals surface area contributed by atoms with E-state index in [0.717, 1.165) is 0 Å². The van der Waals surface area contributed by atoms with Gasteiger partial charge >= 0.3 is 0 Å². The molecule has 1 amide bonds. The number of carbonyl (C=O) groups is 1. The molecule has 0 atom stereocenters. The van der Waals surface area contributed by atoms with Crippen LogP contribution in [0.4, 0.5) is 0 Å². The van der Waals surface area contributed by atoms with E-state index in [1.54, 1.807) is 7.11 Å². The summed E-state index contributed by atoms with van der Waals surface area (Å²) in [6.45, 7) is 4.31. The molecule has 3 nitrogen and oxygen atoms in total. The summed E-state index contributed by atoms with van der Waals surface area (Å²) in [4.78, 5) is 10.9. The van der Waals surface area contributed by atoms with E-state index >= 15 is 0 Å². The molecule has 0 heterocycles. The average Bonchev–Trinajstić information content (AvgIpc) is 1.86. The summed E-state index contributed by atoms with van der Waals surface area (Å²) in [7, 11) is 1.61. The van der Waals surface area contributed by atoms with Gasteiger partial charge < -0.3 is 10.1 Å². The third-order valence-electron chi connectivity index (χ3n) is 1.13. The summed E-state index contributed by atoms with van der Waals surface area (Å²) in [5.74, 6) is 0.142. The molecule has 0 bridgehead atoms. The molecule has 0 aromatic heterocycles. The van der Waals surface area contributed by atoms with Crippen LogP contribution in [0.2, 0.25) is 0 Å². The predicted octanol–water partition coefficient (Wildman–Crippen LogP) is 0.457. The normalized spacial score (nSPS) is 11.3. The first-order valence-corrected chi connectivity index (χ1v) is 4.06. The number of carbonyl (C=O) groups excluding carboxylic acids is 1. The highest BCUT2D eigenvalue weighted by Crippen LogP contribution is 2.01. The molecule has 4 heteroatoms. The number of ether oxygens (including phenoxy) is 1. The molecule has 11 heavy (non-hydrogen) atoms. The molecule has 0 aliphatic carbocycles. The van der Waals surface area contributed by atoms with Crippen molar-refractivity contribution in [2.75, 3.05) is 19.5 Å². The Morgan fingerprint density at radius 1 is 1.64 bits per heavy atom. The zero-order valence-electron chi connectivity index (χ0n) is 7.18. The molecule has 0 saturated heterocycles. The van der Waals surface area contributed by atoms with Crippen LogP contribution in [-0.2, 0) is 9.53 Å². The van der Waals surface area contributed by atoms with Crippen LogP contribution in [0.5, 0.6) is 0 Å². The van der Waals surface area contributed by atoms with E-state index in [0.29, 0.717) is 6.61 Å². The Labute approximate surface area is 72.9 Å². The van der Waals surface area contributed by atoms with Crippen molar-refractivity contribution in [3.8, 4) is 0 Å². The van der Waals surface area contributed by atoms with Crippen LogP contribution in [0.15, 0.2) is 0 Å². The lowest BCUT2D eigenvalue weighted by atomic mass is 10.1. The third-order valence-corrected chi connectivity index (χ3v) is 1.41. The number of nitrogens with one attached hydrogen (secondary N) is 1. The Morgan fingerprint density at radius 2 is 2.18 bits per heavy atom. The molecule has 1 N–H and O–H groups in total. The predicted molar refractivity (Wildman–Crippen MR) is 48.0 cm³/mol. The fraction of sp³-hybridized carbons (Fsp3) is 0.857. The molecular weight excluding hydrogens is 162 g/mol. The van der Waals surface area contributed by atoms with Crippen LogP contribution >= 0.6 is 12.6 Å². The van der Waals surface area contributed by atoms with Crippen LogP contribution in [0.3, 0.4) is 0 Å². The standard InChI is InChI=1S/C7H15NO2S/c1-7(2,5-10-3)8-6(9)4-11/h11H,4-5H2,1-3H3,(H,8,9). The van der Waals surface area contributed by atoms with Gasteiger partial charge in [-0.3, -0.25) is 4.79 Å². The fourth-order valence-electron chi connectivity index (χ4n) is 0.814. The van der Waals surface area contributed by atoms with Gasteiger partial charge in [-0.25, -0.2) is 0 Å². The van der Waals surface area contributed by atoms with Crippen molar-refractivity contribution in [2.45, 2.75) is 19.4 Å². The summed E-state index contributed by atoms with van der Waals surface area (Å²) in [5, 5.41) is 2.77. The van der Waals surface area contributed by atoms with Gasteiger partial charge in [0, 0.05) is 7.11 Å². The van der Waals surface area contributed by atoms with E-state index in [1.165, 1.54) is 0 Å². The van der Waals surface area contributed by atoms with Crippen LogP contribution in [0.25, 0.3) is 0 Å². The monoisotopic (exact) mass is 177 g/mol. The van der Waals surface area contributed by atoms with E-state index in [1.807, 2.05) is 13.8 Å². The van der Waals surface area contributed by atoms with Gasteiger partial charge in [0.05, 0.1) is 17.9 Å². The molecule has 0 aliphatic heterocycles. The third kappa shape index (κ3) is 5.09. The van der Waals surface area contributed by atoms with E-state index in [4.69, 9.17) is 4.74 Å². The van der Waals surface area contributed by atoms with Crippen molar-refractivity contribution in [3.05, 3.63) is 0 Å². The zero-order chi connectivity index (χ0) is 8.91. The van der Waals surface area contributed by atoms with Crippen molar-refractivity contribution in [2.24, 2.45) is 0 Å². The van der Waals surface area contributed by atoms with Crippen LogP contribution in [0, 0.1) is 0 Å². The van der Waals surface area contributed by atoms with Gasteiger partial charge in [-0.1, -0.05) is 0 Å². The SMILES string of the molecule is COCC(C)(C)NC(=O)CS. The smallest absolute Gasteiger partial charge is 0.230 e. The minimum absolute atomic E-state index is 0.0737.